The molecule has 3 aromatic rings. The van der Waals surface area contributed by atoms with E-state index in [1.807, 2.05) is 0 Å². The Hall–Kier alpha value is -2.63. The zero-order valence-corrected chi connectivity index (χ0v) is 21.3. The number of alkyl halides is 3. The molecule has 2 heterocycles. The van der Waals surface area contributed by atoms with Crippen molar-refractivity contribution in [2.24, 2.45) is 0 Å². The minimum atomic E-state index is -4.62. The molecule has 1 aromatic heterocycles. The molecule has 0 spiro atoms. The third-order valence-corrected chi connectivity index (χ3v) is 6.69. The Morgan fingerprint density at radius 1 is 1.17 bits per heavy atom. The van der Waals surface area contributed by atoms with Gasteiger partial charge in [-0.1, -0.05) is 51.3 Å². The second kappa shape index (κ2) is 9.79. The number of amides is 1. The molecule has 1 aliphatic rings. The summed E-state index contributed by atoms with van der Waals surface area (Å²) in [6, 6.07) is 7.05. The van der Waals surface area contributed by atoms with Crippen molar-refractivity contribution in [1.29, 1.82) is 0 Å². The topological polar surface area (TPSA) is 77.4 Å². The van der Waals surface area contributed by atoms with Crippen LogP contribution in [0.1, 0.15) is 34.6 Å². The van der Waals surface area contributed by atoms with Crippen molar-refractivity contribution in [1.82, 2.24) is 9.78 Å². The number of fused-ring (bicyclic) bond motifs is 1. The van der Waals surface area contributed by atoms with Crippen LogP contribution in [0.15, 0.2) is 40.9 Å². The first-order valence-corrected chi connectivity index (χ1v) is 11.7. The summed E-state index contributed by atoms with van der Waals surface area (Å²) in [6.45, 7) is 0. The summed E-state index contributed by atoms with van der Waals surface area (Å²) >= 11 is 15.8. The first-order chi connectivity index (χ1) is 16.5. The minimum Gasteiger partial charge on any atom is -0.495 e. The van der Waals surface area contributed by atoms with Crippen LogP contribution in [-0.2, 0) is 0 Å². The van der Waals surface area contributed by atoms with Crippen LogP contribution in [0.2, 0.25) is 10.0 Å². The molecule has 7 nitrogen and oxygen atoms in total. The molecule has 0 saturated heterocycles. The number of hydrogen-bond acceptors (Lipinski definition) is 5. The van der Waals surface area contributed by atoms with Crippen LogP contribution in [0.4, 0.5) is 24.7 Å². The molecule has 1 amide bonds. The molecule has 0 aliphatic carbocycles. The highest BCUT2D eigenvalue weighted by Crippen LogP contribution is 2.46. The number of aromatic nitrogens is 2. The average Bonchev–Trinajstić information content (AvgIpc) is 3.15. The number of anilines is 2. The summed E-state index contributed by atoms with van der Waals surface area (Å²) in [6.07, 6.45) is -4.96. The van der Waals surface area contributed by atoms with Gasteiger partial charge in [-0.15, -0.1) is 0 Å². The number of halogens is 6. The van der Waals surface area contributed by atoms with E-state index < -0.39 is 24.2 Å². The van der Waals surface area contributed by atoms with Crippen molar-refractivity contribution < 1.29 is 27.4 Å². The first-order valence-electron chi connectivity index (χ1n) is 10.1. The third kappa shape index (κ3) is 5.03. The molecule has 1 aliphatic heterocycles. The summed E-state index contributed by atoms with van der Waals surface area (Å²) in [5.74, 6) is -0.457. The fourth-order valence-corrected chi connectivity index (χ4v) is 4.55. The van der Waals surface area contributed by atoms with Gasteiger partial charge in [0.2, 0.25) is 0 Å². The van der Waals surface area contributed by atoms with Crippen molar-refractivity contribution in [3.8, 4) is 11.5 Å². The summed E-state index contributed by atoms with van der Waals surface area (Å²) in [7, 11) is 2.76. The monoisotopic (exact) mass is 592 g/mol. The molecule has 0 unspecified atom stereocenters. The lowest BCUT2D eigenvalue weighted by atomic mass is 9.97. The van der Waals surface area contributed by atoms with E-state index in [-0.39, 0.29) is 45.2 Å². The number of nitrogens with one attached hydrogen (secondary N) is 2. The smallest absolute Gasteiger partial charge is 0.410 e. The molecule has 0 radical (unpaired) electrons. The van der Waals surface area contributed by atoms with Gasteiger partial charge in [-0.05, 0) is 17.7 Å². The van der Waals surface area contributed by atoms with Gasteiger partial charge in [-0.2, -0.15) is 18.3 Å². The van der Waals surface area contributed by atoms with E-state index in [9.17, 15) is 18.0 Å². The Labute approximate surface area is 216 Å². The van der Waals surface area contributed by atoms with E-state index >= 15 is 0 Å². The number of carbonyl (C=O) groups excluding carboxylic acids is 1. The second-order valence-electron chi connectivity index (χ2n) is 7.64. The van der Waals surface area contributed by atoms with Gasteiger partial charge in [-0.3, -0.25) is 4.79 Å². The van der Waals surface area contributed by atoms with E-state index in [1.54, 1.807) is 24.3 Å². The standard InChI is InChI=1S/C22H18BrCl2F3N4O3/c1-34-15-8-14(16(35-2)7-12(15)24)30-21(33)19-18(25)20-29-13(10-3-5-11(23)6-4-10)9-17(22(26,27)28)32(20)31-19/h3-8,13,17,29H,9H2,1-2H3,(H,30,33)/t13-,17-/m1/s1. The van der Waals surface area contributed by atoms with Gasteiger partial charge in [0.05, 0.1) is 31.0 Å². The Morgan fingerprint density at radius 3 is 2.43 bits per heavy atom. The van der Waals surface area contributed by atoms with Gasteiger partial charge >= 0.3 is 6.18 Å². The van der Waals surface area contributed by atoms with Crippen LogP contribution < -0.4 is 20.1 Å². The van der Waals surface area contributed by atoms with E-state index in [0.29, 0.717) is 10.2 Å². The lowest BCUT2D eigenvalue weighted by Crippen LogP contribution is -2.35. The van der Waals surface area contributed by atoms with Crippen molar-refractivity contribution in [3.05, 3.63) is 62.2 Å². The number of carbonyl (C=O) groups is 1. The fourth-order valence-electron chi connectivity index (χ4n) is 3.79. The summed E-state index contributed by atoms with van der Waals surface area (Å²) in [4.78, 5) is 13.0. The third-order valence-electron chi connectivity index (χ3n) is 5.51. The van der Waals surface area contributed by atoms with Gasteiger partial charge in [0, 0.05) is 23.0 Å². The van der Waals surface area contributed by atoms with Crippen LogP contribution in [0.25, 0.3) is 0 Å². The number of nitrogens with zero attached hydrogens (tertiary/aromatic N) is 2. The van der Waals surface area contributed by atoms with Crippen molar-refractivity contribution >= 4 is 56.5 Å². The lowest BCUT2D eigenvalue weighted by Gasteiger charge is -2.33. The van der Waals surface area contributed by atoms with Crippen molar-refractivity contribution in [3.63, 3.8) is 0 Å². The number of benzene rings is 2. The Balaban J connectivity index is 1.71. The van der Waals surface area contributed by atoms with Crippen LogP contribution in [0.5, 0.6) is 11.5 Å². The Kier molecular flexibility index (Phi) is 7.12. The molecule has 186 valence electrons. The summed E-state index contributed by atoms with van der Waals surface area (Å²) in [5, 5.41) is 9.50. The molecule has 0 saturated carbocycles. The van der Waals surface area contributed by atoms with E-state index in [1.165, 1.54) is 26.4 Å². The number of methoxy groups -OCH3 is 2. The van der Waals surface area contributed by atoms with E-state index in [0.717, 1.165) is 4.47 Å². The highest BCUT2D eigenvalue weighted by molar-refractivity contribution is 9.10. The minimum absolute atomic E-state index is 0.0982. The molecule has 2 aromatic carbocycles. The van der Waals surface area contributed by atoms with Crippen molar-refractivity contribution in [2.45, 2.75) is 24.7 Å². The van der Waals surface area contributed by atoms with Gasteiger partial charge in [-0.25, -0.2) is 4.68 Å². The van der Waals surface area contributed by atoms with Gasteiger partial charge in [0.25, 0.3) is 5.91 Å². The highest BCUT2D eigenvalue weighted by atomic mass is 79.9. The molecule has 13 heteroatoms. The maximum absolute atomic E-state index is 14.0. The SMILES string of the molecule is COc1cc(NC(=O)c2nn3c(c2Cl)N[C@@H](c2ccc(Br)cc2)C[C@@H]3C(F)(F)F)c(OC)cc1Cl. The van der Waals surface area contributed by atoms with Crippen LogP contribution >= 0.6 is 39.1 Å². The normalized spacial score (nSPS) is 17.4. The van der Waals surface area contributed by atoms with Gasteiger partial charge < -0.3 is 20.1 Å². The molecule has 4 rings (SSSR count). The largest absolute Gasteiger partial charge is 0.495 e. The molecule has 2 atom stereocenters. The number of rotatable bonds is 5. The number of hydrogen-bond donors (Lipinski definition) is 2. The molecule has 35 heavy (non-hydrogen) atoms. The highest BCUT2D eigenvalue weighted by Gasteiger charge is 2.48. The molecule has 0 bridgehead atoms. The maximum atomic E-state index is 14.0. The zero-order valence-electron chi connectivity index (χ0n) is 18.2. The molecular formula is C22H18BrCl2F3N4O3. The molecular weight excluding hydrogens is 576 g/mol. The summed E-state index contributed by atoms with van der Waals surface area (Å²) in [5.41, 5.74) is 0.430. The van der Waals surface area contributed by atoms with Crippen LogP contribution in [-0.4, -0.2) is 36.1 Å². The van der Waals surface area contributed by atoms with Gasteiger partial charge in [0.1, 0.15) is 22.3 Å². The number of ether oxygens (including phenoxy) is 2. The van der Waals surface area contributed by atoms with E-state index in [2.05, 4.69) is 31.7 Å². The van der Waals surface area contributed by atoms with Crippen LogP contribution in [0.3, 0.4) is 0 Å². The van der Waals surface area contributed by atoms with Gasteiger partial charge in [0.15, 0.2) is 11.7 Å². The Bertz CT molecular complexity index is 1270. The second-order valence-corrected chi connectivity index (χ2v) is 9.34. The average molecular weight is 594 g/mol. The maximum Gasteiger partial charge on any atom is 0.410 e. The molecule has 0 fully saturated rings. The molecule has 2 N–H and O–H groups in total. The fraction of sp³-hybridized carbons (Fsp3) is 0.273. The first kappa shape index (κ1) is 25.5. The van der Waals surface area contributed by atoms with E-state index in [4.69, 9.17) is 32.7 Å². The van der Waals surface area contributed by atoms with Crippen LogP contribution in [0, 0.1) is 0 Å². The summed E-state index contributed by atoms with van der Waals surface area (Å²) < 4.78 is 53.9. The van der Waals surface area contributed by atoms with Crippen molar-refractivity contribution in [2.75, 3.05) is 24.9 Å². The quantitative estimate of drug-likeness (QED) is 0.337. The zero-order chi connectivity index (χ0) is 25.5. The predicted molar refractivity (Wildman–Crippen MR) is 130 cm³/mol. The Morgan fingerprint density at radius 2 is 1.83 bits per heavy atom. The lowest BCUT2D eigenvalue weighted by molar-refractivity contribution is -0.173. The predicted octanol–water partition coefficient (Wildman–Crippen LogP) is 6.88.